The van der Waals surface area contributed by atoms with Crippen molar-refractivity contribution < 1.29 is 32.1 Å². The fourth-order valence-corrected chi connectivity index (χ4v) is 4.61. The molecule has 3 rings (SSSR count). The standard InChI is InChI=1S/C20H20Cl2F3NO4/c1-10-8-12(27-2)16(28-3)17(29-4)14(10)19(6-5-7-30-19)15-11(20(23,24)25)9-13(21)26-18(15)22/h8-9H,5-7H2,1-4H3. The van der Waals surface area contributed by atoms with E-state index in [1.165, 1.54) is 21.3 Å². The van der Waals surface area contributed by atoms with Gasteiger partial charge in [0.25, 0.3) is 0 Å². The summed E-state index contributed by atoms with van der Waals surface area (Å²) in [6, 6.07) is 2.42. The van der Waals surface area contributed by atoms with Crippen molar-refractivity contribution >= 4 is 23.2 Å². The fraction of sp³-hybridized carbons (Fsp3) is 0.450. The molecule has 0 bridgehead atoms. The molecule has 1 aromatic heterocycles. The highest BCUT2D eigenvalue weighted by Crippen LogP contribution is 2.56. The van der Waals surface area contributed by atoms with Crippen molar-refractivity contribution in [2.24, 2.45) is 0 Å². The Morgan fingerprint density at radius 3 is 2.20 bits per heavy atom. The summed E-state index contributed by atoms with van der Waals surface area (Å²) < 4.78 is 64.5. The third-order valence-electron chi connectivity index (χ3n) is 5.11. The van der Waals surface area contributed by atoms with Crippen LogP contribution in [-0.2, 0) is 16.5 Å². The number of alkyl halides is 3. The smallest absolute Gasteiger partial charge is 0.417 e. The lowest BCUT2D eigenvalue weighted by Crippen LogP contribution is -2.32. The van der Waals surface area contributed by atoms with Gasteiger partial charge in [-0.05, 0) is 37.5 Å². The number of rotatable bonds is 5. The minimum Gasteiger partial charge on any atom is -0.493 e. The molecule has 0 radical (unpaired) electrons. The molecule has 5 nitrogen and oxygen atoms in total. The molecular formula is C20H20Cl2F3NO4. The van der Waals surface area contributed by atoms with Crippen LogP contribution in [0.25, 0.3) is 0 Å². The quantitative estimate of drug-likeness (QED) is 0.522. The third-order valence-corrected chi connectivity index (χ3v) is 5.57. The van der Waals surface area contributed by atoms with Crippen LogP contribution in [0.15, 0.2) is 12.1 Å². The van der Waals surface area contributed by atoms with Crippen LogP contribution in [0.3, 0.4) is 0 Å². The number of methoxy groups -OCH3 is 3. The van der Waals surface area contributed by atoms with E-state index in [1.807, 2.05) is 0 Å². The maximum Gasteiger partial charge on any atom is 0.417 e. The first-order chi connectivity index (χ1) is 14.1. The summed E-state index contributed by atoms with van der Waals surface area (Å²) >= 11 is 12.1. The number of aromatic nitrogens is 1. The van der Waals surface area contributed by atoms with E-state index in [4.69, 9.17) is 42.1 Å². The molecule has 2 aromatic rings. The van der Waals surface area contributed by atoms with Gasteiger partial charge in [0.1, 0.15) is 15.9 Å². The second-order valence-corrected chi connectivity index (χ2v) is 7.52. The van der Waals surface area contributed by atoms with Crippen LogP contribution in [0.1, 0.15) is 35.1 Å². The topological polar surface area (TPSA) is 49.8 Å². The van der Waals surface area contributed by atoms with Gasteiger partial charge in [0.2, 0.25) is 5.75 Å². The summed E-state index contributed by atoms with van der Waals surface area (Å²) in [5.74, 6) is 0.817. The number of halogens is 5. The van der Waals surface area contributed by atoms with Gasteiger partial charge >= 0.3 is 6.18 Å². The summed E-state index contributed by atoms with van der Waals surface area (Å²) in [6.45, 7) is 1.96. The first kappa shape index (κ1) is 22.8. The van der Waals surface area contributed by atoms with E-state index in [0.717, 1.165) is 6.07 Å². The van der Waals surface area contributed by atoms with Crippen molar-refractivity contribution in [2.75, 3.05) is 27.9 Å². The van der Waals surface area contributed by atoms with Crippen LogP contribution >= 0.6 is 23.2 Å². The molecule has 1 aromatic carbocycles. The molecule has 0 saturated carbocycles. The zero-order valence-corrected chi connectivity index (χ0v) is 18.3. The van der Waals surface area contributed by atoms with Gasteiger partial charge in [-0.25, -0.2) is 4.98 Å². The van der Waals surface area contributed by atoms with E-state index < -0.39 is 17.3 Å². The third kappa shape index (κ3) is 3.65. The molecule has 0 amide bonds. The number of nitrogens with zero attached hydrogens (tertiary/aromatic N) is 1. The molecule has 164 valence electrons. The average Bonchev–Trinajstić information content (AvgIpc) is 3.15. The summed E-state index contributed by atoms with van der Waals surface area (Å²) in [4.78, 5) is 3.88. The molecule has 1 unspecified atom stereocenters. The fourth-order valence-electron chi connectivity index (χ4n) is 4.03. The van der Waals surface area contributed by atoms with Gasteiger partial charge < -0.3 is 18.9 Å². The normalized spacial score (nSPS) is 19.1. The number of benzene rings is 1. The molecule has 1 atom stereocenters. The number of pyridine rings is 1. The van der Waals surface area contributed by atoms with E-state index in [9.17, 15) is 13.2 Å². The van der Waals surface area contributed by atoms with Crippen molar-refractivity contribution in [3.63, 3.8) is 0 Å². The molecule has 0 N–H and O–H groups in total. The molecule has 1 aliphatic rings. The van der Waals surface area contributed by atoms with Crippen molar-refractivity contribution in [2.45, 2.75) is 31.5 Å². The van der Waals surface area contributed by atoms with Gasteiger partial charge in [0.05, 0.1) is 26.9 Å². The Bertz CT molecular complexity index is 960. The second kappa shape index (κ2) is 8.32. The van der Waals surface area contributed by atoms with Crippen LogP contribution in [0.4, 0.5) is 13.2 Å². The van der Waals surface area contributed by atoms with Crippen LogP contribution in [-0.4, -0.2) is 32.9 Å². The Morgan fingerprint density at radius 1 is 1.03 bits per heavy atom. The molecule has 1 saturated heterocycles. The lowest BCUT2D eigenvalue weighted by molar-refractivity contribution is -0.140. The van der Waals surface area contributed by atoms with E-state index in [2.05, 4.69) is 4.98 Å². The van der Waals surface area contributed by atoms with Gasteiger partial charge in [-0.3, -0.25) is 0 Å². The SMILES string of the molecule is COc1cc(C)c(C2(c3c(C(F)(F)F)cc(Cl)nc3Cl)CCCO2)c(OC)c1OC. The maximum atomic E-state index is 14.0. The van der Waals surface area contributed by atoms with Crippen molar-refractivity contribution in [1.82, 2.24) is 4.98 Å². The molecular weight excluding hydrogens is 446 g/mol. The molecule has 1 fully saturated rings. The molecule has 2 heterocycles. The number of ether oxygens (including phenoxy) is 4. The number of hydrogen-bond donors (Lipinski definition) is 0. The summed E-state index contributed by atoms with van der Waals surface area (Å²) in [6.07, 6.45) is -4.00. The van der Waals surface area contributed by atoms with Gasteiger partial charge in [0.15, 0.2) is 11.5 Å². The van der Waals surface area contributed by atoms with Crippen LogP contribution in [0.5, 0.6) is 17.2 Å². The molecule has 10 heteroatoms. The van der Waals surface area contributed by atoms with Crippen LogP contribution < -0.4 is 14.2 Å². The van der Waals surface area contributed by atoms with Gasteiger partial charge in [-0.15, -0.1) is 0 Å². The maximum absolute atomic E-state index is 14.0. The zero-order chi connectivity index (χ0) is 22.3. The summed E-state index contributed by atoms with van der Waals surface area (Å²) in [7, 11) is 4.27. The highest BCUT2D eigenvalue weighted by Gasteiger charge is 2.50. The predicted molar refractivity (Wildman–Crippen MR) is 106 cm³/mol. The highest BCUT2D eigenvalue weighted by molar-refractivity contribution is 6.33. The Balaban J connectivity index is 2.45. The van der Waals surface area contributed by atoms with Crippen LogP contribution in [0.2, 0.25) is 10.3 Å². The first-order valence-electron chi connectivity index (χ1n) is 8.98. The van der Waals surface area contributed by atoms with Gasteiger partial charge in [-0.2, -0.15) is 13.2 Å². The lowest BCUT2D eigenvalue weighted by Gasteiger charge is -2.35. The van der Waals surface area contributed by atoms with Crippen molar-refractivity contribution in [3.05, 3.63) is 44.7 Å². The second-order valence-electron chi connectivity index (χ2n) is 6.77. The van der Waals surface area contributed by atoms with Crippen molar-refractivity contribution in [1.29, 1.82) is 0 Å². The van der Waals surface area contributed by atoms with Gasteiger partial charge in [0, 0.05) is 17.7 Å². The van der Waals surface area contributed by atoms with Crippen molar-refractivity contribution in [3.8, 4) is 17.2 Å². The molecule has 30 heavy (non-hydrogen) atoms. The molecule has 1 aliphatic heterocycles. The minimum absolute atomic E-state index is 0.204. The first-order valence-corrected chi connectivity index (χ1v) is 9.74. The van der Waals surface area contributed by atoms with E-state index in [1.54, 1.807) is 13.0 Å². The monoisotopic (exact) mass is 465 g/mol. The largest absolute Gasteiger partial charge is 0.493 e. The Kier molecular flexibility index (Phi) is 6.32. The Hall–Kier alpha value is -1.90. The molecule has 0 spiro atoms. The summed E-state index contributed by atoms with van der Waals surface area (Å²) in [5, 5.41) is -0.742. The van der Waals surface area contributed by atoms with E-state index in [-0.39, 0.29) is 40.4 Å². The highest BCUT2D eigenvalue weighted by atomic mass is 35.5. The number of hydrogen-bond acceptors (Lipinski definition) is 5. The lowest BCUT2D eigenvalue weighted by atomic mass is 9.79. The summed E-state index contributed by atoms with van der Waals surface area (Å²) in [5.41, 5.74) is -1.91. The minimum atomic E-state index is -4.73. The van der Waals surface area contributed by atoms with E-state index in [0.29, 0.717) is 23.3 Å². The van der Waals surface area contributed by atoms with Crippen LogP contribution in [0, 0.1) is 6.92 Å². The average molecular weight is 466 g/mol. The Morgan fingerprint density at radius 2 is 1.70 bits per heavy atom. The number of aryl methyl sites for hydroxylation is 1. The predicted octanol–water partition coefficient (Wildman–Crippen LogP) is 5.80. The Labute approximate surface area is 182 Å². The zero-order valence-electron chi connectivity index (χ0n) is 16.7. The van der Waals surface area contributed by atoms with E-state index >= 15 is 0 Å². The molecule has 0 aliphatic carbocycles. The van der Waals surface area contributed by atoms with Gasteiger partial charge in [-0.1, -0.05) is 23.2 Å².